The Morgan fingerprint density at radius 1 is 0.528 bits per heavy atom. The highest BCUT2D eigenvalue weighted by Gasteiger charge is 2.36. The molecule has 8 aromatic rings. The zero-order valence-electron chi connectivity index (χ0n) is 29.9. The lowest BCUT2D eigenvalue weighted by Crippen LogP contribution is -2.14. The third-order valence-corrected chi connectivity index (χ3v) is 12.0. The molecule has 7 aromatic carbocycles. The molecule has 2 nitrogen and oxygen atoms in total. The molecule has 3 aliphatic rings. The van der Waals surface area contributed by atoms with Crippen LogP contribution in [-0.2, 0) is 5.41 Å². The SMILES string of the molecule is CC1(C)c2ccccc2-c2c(-c3ccc4c(c3)C3=C(C=CCC3)c3cc(-c5ccc6c(c5)c5ccccc5n6-c5ccccc5)ccc3N4)cccc21. The van der Waals surface area contributed by atoms with Crippen LogP contribution in [0, 0.1) is 0 Å². The maximum Gasteiger partial charge on any atom is 0.0541 e. The molecule has 0 saturated carbocycles. The lowest BCUT2D eigenvalue weighted by Gasteiger charge is -2.22. The van der Waals surface area contributed by atoms with E-state index in [0.29, 0.717) is 0 Å². The Morgan fingerprint density at radius 3 is 2.11 bits per heavy atom. The summed E-state index contributed by atoms with van der Waals surface area (Å²) in [7, 11) is 0. The van der Waals surface area contributed by atoms with Crippen molar-refractivity contribution in [3.63, 3.8) is 0 Å². The number of nitrogens with one attached hydrogen (secondary N) is 1. The van der Waals surface area contributed by atoms with Crippen molar-refractivity contribution in [2.75, 3.05) is 5.32 Å². The van der Waals surface area contributed by atoms with Gasteiger partial charge < -0.3 is 9.88 Å². The fraction of sp³-hybridized carbons (Fsp3) is 0.0980. The number of aromatic nitrogens is 1. The summed E-state index contributed by atoms with van der Waals surface area (Å²) in [4.78, 5) is 0. The van der Waals surface area contributed by atoms with Crippen LogP contribution in [-0.4, -0.2) is 4.57 Å². The van der Waals surface area contributed by atoms with Crippen LogP contribution in [0.3, 0.4) is 0 Å². The van der Waals surface area contributed by atoms with Crippen LogP contribution >= 0.6 is 0 Å². The van der Waals surface area contributed by atoms with Crippen molar-refractivity contribution in [3.05, 3.63) is 186 Å². The minimum atomic E-state index is -0.0259. The van der Waals surface area contributed by atoms with Gasteiger partial charge in [-0.3, -0.25) is 0 Å². The van der Waals surface area contributed by atoms with Gasteiger partial charge in [-0.25, -0.2) is 0 Å². The van der Waals surface area contributed by atoms with Gasteiger partial charge in [-0.15, -0.1) is 0 Å². The van der Waals surface area contributed by atoms with E-state index in [2.05, 4.69) is 188 Å². The summed E-state index contributed by atoms with van der Waals surface area (Å²) in [6.07, 6.45) is 6.77. The average molecular weight is 679 g/mol. The van der Waals surface area contributed by atoms with Gasteiger partial charge in [0.15, 0.2) is 0 Å². The second-order valence-electron chi connectivity index (χ2n) is 15.3. The molecule has 0 bridgehead atoms. The maximum atomic E-state index is 3.89. The number of benzene rings is 7. The minimum Gasteiger partial charge on any atom is -0.355 e. The first kappa shape index (κ1) is 30.3. The Kier molecular flexibility index (Phi) is 6.46. The molecule has 252 valence electrons. The third kappa shape index (κ3) is 4.45. The zero-order valence-corrected chi connectivity index (χ0v) is 29.9. The second kappa shape index (κ2) is 11.3. The average Bonchev–Trinajstić information content (AvgIpc) is 3.61. The van der Waals surface area contributed by atoms with E-state index in [1.165, 1.54) is 100.0 Å². The fourth-order valence-corrected chi connectivity index (χ4v) is 9.47. The molecule has 1 aliphatic heterocycles. The summed E-state index contributed by atoms with van der Waals surface area (Å²) in [5.41, 5.74) is 21.8. The van der Waals surface area contributed by atoms with E-state index >= 15 is 0 Å². The molecule has 11 rings (SSSR count). The van der Waals surface area contributed by atoms with E-state index < -0.39 is 0 Å². The van der Waals surface area contributed by atoms with Gasteiger partial charge in [0.05, 0.1) is 11.0 Å². The lowest BCUT2D eigenvalue weighted by molar-refractivity contribution is 0.660. The van der Waals surface area contributed by atoms with E-state index in [0.717, 1.165) is 18.5 Å². The highest BCUT2D eigenvalue weighted by Crippen LogP contribution is 2.53. The monoisotopic (exact) mass is 678 g/mol. The highest BCUT2D eigenvalue weighted by molar-refractivity contribution is 6.11. The van der Waals surface area contributed by atoms with E-state index in [1.54, 1.807) is 0 Å². The predicted octanol–water partition coefficient (Wildman–Crippen LogP) is 13.7. The quantitative estimate of drug-likeness (QED) is 0.197. The van der Waals surface area contributed by atoms with Gasteiger partial charge in [-0.05, 0) is 123 Å². The summed E-state index contributed by atoms with van der Waals surface area (Å²) in [6.45, 7) is 4.72. The molecule has 0 amide bonds. The van der Waals surface area contributed by atoms with Crippen molar-refractivity contribution in [3.8, 4) is 39.1 Å². The molecule has 0 spiro atoms. The molecule has 2 heteroatoms. The molecule has 53 heavy (non-hydrogen) atoms. The van der Waals surface area contributed by atoms with E-state index in [1.807, 2.05) is 0 Å². The topological polar surface area (TPSA) is 17.0 Å². The van der Waals surface area contributed by atoms with Gasteiger partial charge in [0.1, 0.15) is 0 Å². The highest BCUT2D eigenvalue weighted by atomic mass is 15.0. The molecule has 0 atom stereocenters. The van der Waals surface area contributed by atoms with Gasteiger partial charge in [0, 0.05) is 44.4 Å². The molecule has 0 radical (unpaired) electrons. The standard InChI is InChI=1S/C51H38N2/c1-51(2)44-20-10-8-18-40(44)50-36(19-12-21-45(50)51)34-24-27-47-42(31-34)38-16-7-6-15-37(38)41-29-32(23-26-46(41)52-47)33-25-28-49-43(30-33)39-17-9-11-22-48(39)53(49)35-13-4-3-5-14-35/h3-6,8-15,17-31,52H,7,16H2,1-2H3. The predicted molar refractivity (Wildman–Crippen MR) is 224 cm³/mol. The van der Waals surface area contributed by atoms with Crippen molar-refractivity contribution in [1.82, 2.24) is 4.57 Å². The van der Waals surface area contributed by atoms with E-state index in [9.17, 15) is 0 Å². The summed E-state index contributed by atoms with van der Waals surface area (Å²) in [6, 6.07) is 56.3. The Bertz CT molecular complexity index is 2880. The van der Waals surface area contributed by atoms with Crippen molar-refractivity contribution in [2.45, 2.75) is 32.1 Å². The first-order valence-corrected chi connectivity index (χ1v) is 18.8. The number of rotatable bonds is 3. The normalized spacial score (nSPS) is 15.0. The van der Waals surface area contributed by atoms with Crippen LogP contribution in [0.2, 0.25) is 0 Å². The van der Waals surface area contributed by atoms with Gasteiger partial charge in [0.2, 0.25) is 0 Å². The first-order chi connectivity index (χ1) is 26.0. The zero-order chi connectivity index (χ0) is 35.3. The van der Waals surface area contributed by atoms with Gasteiger partial charge >= 0.3 is 0 Å². The molecular formula is C51H38N2. The van der Waals surface area contributed by atoms with Crippen LogP contribution in [0.5, 0.6) is 0 Å². The van der Waals surface area contributed by atoms with Crippen LogP contribution in [0.15, 0.2) is 164 Å². The van der Waals surface area contributed by atoms with Crippen molar-refractivity contribution >= 4 is 44.3 Å². The number of allylic oxidation sites excluding steroid dienone is 4. The summed E-state index contributed by atoms with van der Waals surface area (Å²) in [5, 5.41) is 6.43. The van der Waals surface area contributed by atoms with Crippen LogP contribution < -0.4 is 5.32 Å². The molecule has 1 aromatic heterocycles. The largest absolute Gasteiger partial charge is 0.355 e. The number of hydrogen-bond acceptors (Lipinski definition) is 1. The Hall–Kier alpha value is -6.38. The molecule has 0 saturated heterocycles. The maximum absolute atomic E-state index is 3.89. The number of para-hydroxylation sites is 2. The summed E-state index contributed by atoms with van der Waals surface area (Å²) >= 11 is 0. The van der Waals surface area contributed by atoms with Crippen LogP contribution in [0.1, 0.15) is 48.9 Å². The summed E-state index contributed by atoms with van der Waals surface area (Å²) < 4.78 is 2.38. The number of fused-ring (bicyclic) bond motifs is 10. The summed E-state index contributed by atoms with van der Waals surface area (Å²) in [5.74, 6) is 0. The molecule has 0 fully saturated rings. The van der Waals surface area contributed by atoms with Crippen molar-refractivity contribution in [2.24, 2.45) is 0 Å². The Labute approximate surface area is 310 Å². The fourth-order valence-electron chi connectivity index (χ4n) is 9.47. The molecule has 2 aliphatic carbocycles. The van der Waals surface area contributed by atoms with E-state index in [4.69, 9.17) is 0 Å². The minimum absolute atomic E-state index is 0.0259. The van der Waals surface area contributed by atoms with E-state index in [-0.39, 0.29) is 5.41 Å². The molecule has 0 unspecified atom stereocenters. The lowest BCUT2D eigenvalue weighted by atomic mass is 9.81. The van der Waals surface area contributed by atoms with Gasteiger partial charge in [0.25, 0.3) is 0 Å². The third-order valence-electron chi connectivity index (χ3n) is 12.0. The molecular weight excluding hydrogens is 641 g/mol. The first-order valence-electron chi connectivity index (χ1n) is 18.8. The van der Waals surface area contributed by atoms with Crippen molar-refractivity contribution < 1.29 is 0 Å². The van der Waals surface area contributed by atoms with Crippen molar-refractivity contribution in [1.29, 1.82) is 0 Å². The van der Waals surface area contributed by atoms with Crippen LogP contribution in [0.25, 0.3) is 72.0 Å². The van der Waals surface area contributed by atoms with Crippen LogP contribution in [0.4, 0.5) is 11.4 Å². The smallest absolute Gasteiger partial charge is 0.0541 e. The van der Waals surface area contributed by atoms with Gasteiger partial charge in [-0.2, -0.15) is 0 Å². The second-order valence-corrected chi connectivity index (χ2v) is 15.3. The Balaban J connectivity index is 1.05. The molecule has 1 N–H and O–H groups in total. The number of hydrogen-bond donors (Lipinski definition) is 1. The number of anilines is 2. The Morgan fingerprint density at radius 2 is 1.21 bits per heavy atom. The van der Waals surface area contributed by atoms with Gasteiger partial charge in [-0.1, -0.05) is 123 Å². The molecule has 2 heterocycles. The number of nitrogens with zero attached hydrogens (tertiary/aromatic N) is 1.